The molecular weight excluding hydrogens is 260 g/mol. The first kappa shape index (κ1) is 17.3. The topological polar surface area (TPSA) is 20.2 Å². The molecule has 20 heavy (non-hydrogen) atoms. The second-order valence-electron chi connectivity index (χ2n) is 7.16. The maximum Gasteiger partial charge on any atom is 0.118 e. The normalized spacial score (nSPS) is 11.8. The van der Waals surface area contributed by atoms with Gasteiger partial charge in [0.1, 0.15) is 5.75 Å². The van der Waals surface area contributed by atoms with Crippen molar-refractivity contribution in [3.63, 3.8) is 0 Å². The lowest BCUT2D eigenvalue weighted by Gasteiger charge is -2.14. The molecule has 114 valence electrons. The van der Waals surface area contributed by atoms with Crippen LogP contribution in [0.1, 0.15) is 50.5 Å². The summed E-state index contributed by atoms with van der Waals surface area (Å²) >= 11 is 0. The standard InChI is InChI=1S/C18H32OSi/c1-20(2,3)16-12-8-6-4-5-7-9-13-17-14-10-11-15-18(17)19/h10-11,14-15,19H,4-9,12-13,16H2,1-3H3. The van der Waals surface area contributed by atoms with Gasteiger partial charge in [-0.2, -0.15) is 0 Å². The number of aryl methyl sites for hydroxylation is 1. The Kier molecular flexibility index (Phi) is 7.97. The van der Waals surface area contributed by atoms with Gasteiger partial charge in [-0.05, 0) is 24.5 Å². The summed E-state index contributed by atoms with van der Waals surface area (Å²) in [6.45, 7) is 7.39. The van der Waals surface area contributed by atoms with Gasteiger partial charge in [-0.25, -0.2) is 0 Å². The molecule has 1 nitrogen and oxygen atoms in total. The van der Waals surface area contributed by atoms with Crippen LogP contribution in [-0.2, 0) is 6.42 Å². The molecule has 0 aliphatic heterocycles. The highest BCUT2D eigenvalue weighted by atomic mass is 28.3. The Morgan fingerprint density at radius 2 is 1.35 bits per heavy atom. The van der Waals surface area contributed by atoms with Crippen LogP contribution >= 0.6 is 0 Å². The highest BCUT2D eigenvalue weighted by molar-refractivity contribution is 6.76. The van der Waals surface area contributed by atoms with E-state index in [1.54, 1.807) is 6.07 Å². The molecule has 0 aliphatic rings. The molecular formula is C18H32OSi. The van der Waals surface area contributed by atoms with E-state index in [-0.39, 0.29) is 0 Å². The van der Waals surface area contributed by atoms with Gasteiger partial charge in [0.15, 0.2) is 0 Å². The van der Waals surface area contributed by atoms with E-state index in [9.17, 15) is 5.11 Å². The molecule has 0 aromatic heterocycles. The highest BCUT2D eigenvalue weighted by Gasteiger charge is 2.11. The molecule has 0 radical (unpaired) electrons. The van der Waals surface area contributed by atoms with Gasteiger partial charge >= 0.3 is 0 Å². The number of hydrogen-bond acceptors (Lipinski definition) is 1. The van der Waals surface area contributed by atoms with E-state index in [1.165, 1.54) is 51.0 Å². The van der Waals surface area contributed by atoms with E-state index in [0.29, 0.717) is 5.75 Å². The third-order valence-electron chi connectivity index (χ3n) is 3.86. The zero-order valence-electron chi connectivity index (χ0n) is 13.6. The average Bonchev–Trinajstić information content (AvgIpc) is 2.37. The maximum atomic E-state index is 9.68. The van der Waals surface area contributed by atoms with Crippen LogP contribution in [-0.4, -0.2) is 13.2 Å². The van der Waals surface area contributed by atoms with E-state index >= 15 is 0 Å². The minimum Gasteiger partial charge on any atom is -0.508 e. The van der Waals surface area contributed by atoms with Crippen molar-refractivity contribution in [3.05, 3.63) is 29.8 Å². The molecule has 1 aromatic carbocycles. The molecule has 0 spiro atoms. The smallest absolute Gasteiger partial charge is 0.118 e. The first-order valence-corrected chi connectivity index (χ1v) is 12.0. The molecule has 1 N–H and O–H groups in total. The summed E-state index contributed by atoms with van der Waals surface area (Å²) in [5.74, 6) is 0.457. The molecule has 2 heteroatoms. The van der Waals surface area contributed by atoms with Crippen molar-refractivity contribution in [1.82, 2.24) is 0 Å². The molecule has 0 unspecified atom stereocenters. The Bertz CT molecular complexity index is 368. The van der Waals surface area contributed by atoms with E-state index in [1.807, 2.05) is 18.2 Å². The fourth-order valence-electron chi connectivity index (χ4n) is 2.58. The van der Waals surface area contributed by atoms with Gasteiger partial charge < -0.3 is 5.11 Å². The van der Waals surface area contributed by atoms with Gasteiger partial charge in [0.05, 0.1) is 0 Å². The van der Waals surface area contributed by atoms with E-state index in [2.05, 4.69) is 19.6 Å². The average molecular weight is 293 g/mol. The molecule has 0 bridgehead atoms. The Labute approximate surface area is 126 Å². The monoisotopic (exact) mass is 292 g/mol. The van der Waals surface area contributed by atoms with Crippen LogP contribution in [0.15, 0.2) is 24.3 Å². The fraction of sp³-hybridized carbons (Fsp3) is 0.667. The van der Waals surface area contributed by atoms with Gasteiger partial charge in [-0.1, -0.05) is 82.4 Å². The summed E-state index contributed by atoms with van der Waals surface area (Å²) in [6, 6.07) is 9.20. The Morgan fingerprint density at radius 3 is 1.95 bits per heavy atom. The van der Waals surface area contributed by atoms with Gasteiger partial charge in [0.2, 0.25) is 0 Å². The predicted octanol–water partition coefficient (Wildman–Crippen LogP) is 6.00. The predicted molar refractivity (Wildman–Crippen MR) is 92.3 cm³/mol. The van der Waals surface area contributed by atoms with Crippen molar-refractivity contribution in [2.75, 3.05) is 0 Å². The molecule has 0 fully saturated rings. The lowest BCUT2D eigenvalue weighted by Crippen LogP contribution is -2.18. The molecule has 0 heterocycles. The first-order chi connectivity index (χ1) is 9.49. The van der Waals surface area contributed by atoms with Crippen molar-refractivity contribution in [2.45, 2.75) is 77.1 Å². The number of phenols is 1. The van der Waals surface area contributed by atoms with Crippen molar-refractivity contribution < 1.29 is 5.11 Å². The van der Waals surface area contributed by atoms with Crippen LogP contribution in [0.2, 0.25) is 25.7 Å². The van der Waals surface area contributed by atoms with Gasteiger partial charge in [-0.15, -0.1) is 0 Å². The summed E-state index contributed by atoms with van der Waals surface area (Å²) in [5.41, 5.74) is 1.10. The fourth-order valence-corrected chi connectivity index (χ4v) is 3.89. The number of benzene rings is 1. The Balaban J connectivity index is 1.94. The summed E-state index contributed by atoms with van der Waals surface area (Å²) < 4.78 is 0. The van der Waals surface area contributed by atoms with Crippen LogP contribution < -0.4 is 0 Å². The zero-order chi connectivity index (χ0) is 14.8. The number of para-hydroxylation sites is 1. The molecule has 0 atom stereocenters. The minimum absolute atomic E-state index is 0.457. The van der Waals surface area contributed by atoms with Crippen LogP contribution in [0.25, 0.3) is 0 Å². The zero-order valence-corrected chi connectivity index (χ0v) is 14.6. The van der Waals surface area contributed by atoms with Gasteiger partial charge in [0.25, 0.3) is 0 Å². The molecule has 0 amide bonds. The van der Waals surface area contributed by atoms with E-state index < -0.39 is 8.07 Å². The van der Waals surface area contributed by atoms with Crippen molar-refractivity contribution in [2.24, 2.45) is 0 Å². The minimum atomic E-state index is -0.805. The highest BCUT2D eigenvalue weighted by Crippen LogP contribution is 2.19. The molecule has 1 aromatic rings. The number of aromatic hydroxyl groups is 1. The second-order valence-corrected chi connectivity index (χ2v) is 12.8. The lowest BCUT2D eigenvalue weighted by molar-refractivity contribution is 0.466. The molecule has 0 saturated carbocycles. The Morgan fingerprint density at radius 1 is 0.800 bits per heavy atom. The number of phenolic OH excluding ortho intramolecular Hbond substituents is 1. The number of rotatable bonds is 10. The third-order valence-corrected chi connectivity index (χ3v) is 5.72. The summed E-state index contributed by atoms with van der Waals surface area (Å²) in [5, 5.41) is 9.68. The SMILES string of the molecule is C[Si](C)(C)CCCCCCCCCc1ccccc1O. The summed E-state index contributed by atoms with van der Waals surface area (Å²) in [6.07, 6.45) is 10.5. The van der Waals surface area contributed by atoms with Crippen LogP contribution in [0.3, 0.4) is 0 Å². The maximum absolute atomic E-state index is 9.68. The number of hydrogen-bond donors (Lipinski definition) is 1. The van der Waals surface area contributed by atoms with Crippen molar-refractivity contribution in [1.29, 1.82) is 0 Å². The van der Waals surface area contributed by atoms with E-state index in [0.717, 1.165) is 12.0 Å². The van der Waals surface area contributed by atoms with Crippen molar-refractivity contribution >= 4 is 8.07 Å². The quantitative estimate of drug-likeness (QED) is 0.414. The second kappa shape index (κ2) is 9.22. The molecule has 1 rings (SSSR count). The van der Waals surface area contributed by atoms with Crippen LogP contribution in [0, 0.1) is 0 Å². The number of unbranched alkanes of at least 4 members (excludes halogenated alkanes) is 6. The lowest BCUT2D eigenvalue weighted by atomic mass is 10.0. The molecule has 0 aliphatic carbocycles. The van der Waals surface area contributed by atoms with Crippen LogP contribution in [0.4, 0.5) is 0 Å². The van der Waals surface area contributed by atoms with Crippen molar-refractivity contribution in [3.8, 4) is 5.75 Å². The summed E-state index contributed by atoms with van der Waals surface area (Å²) in [7, 11) is -0.805. The largest absolute Gasteiger partial charge is 0.508 e. The van der Waals surface area contributed by atoms with Crippen LogP contribution in [0.5, 0.6) is 5.75 Å². The first-order valence-electron chi connectivity index (χ1n) is 8.26. The summed E-state index contributed by atoms with van der Waals surface area (Å²) in [4.78, 5) is 0. The third kappa shape index (κ3) is 8.42. The Hall–Kier alpha value is -0.763. The molecule has 0 saturated heterocycles. The van der Waals surface area contributed by atoms with E-state index in [4.69, 9.17) is 0 Å². The van der Waals surface area contributed by atoms with Gasteiger partial charge in [0, 0.05) is 8.07 Å². The van der Waals surface area contributed by atoms with Gasteiger partial charge in [-0.3, -0.25) is 0 Å².